The van der Waals surface area contributed by atoms with E-state index in [0.717, 1.165) is 6.92 Å². The molecule has 0 spiro atoms. The third-order valence-electron chi connectivity index (χ3n) is 1.22. The van der Waals surface area contributed by atoms with Crippen LogP contribution in [0.15, 0.2) is 30.3 Å². The first-order valence-corrected chi connectivity index (χ1v) is 6.18. The van der Waals surface area contributed by atoms with Crippen LogP contribution in [0.25, 0.3) is 0 Å². The van der Waals surface area contributed by atoms with Gasteiger partial charge in [0.25, 0.3) is 0 Å². The summed E-state index contributed by atoms with van der Waals surface area (Å²) in [5.74, 6) is -0.540. The monoisotopic (exact) mass is 247 g/mol. The van der Waals surface area contributed by atoms with Gasteiger partial charge in [0.15, 0.2) is 0 Å². The largest absolute Gasteiger partial charge is 0.409 e. The second kappa shape index (κ2) is 6.84. The van der Waals surface area contributed by atoms with Gasteiger partial charge in [-0.25, -0.2) is 4.72 Å². The highest BCUT2D eigenvalue weighted by Crippen LogP contribution is 2.10. The van der Waals surface area contributed by atoms with Gasteiger partial charge in [0, 0.05) is 8.35 Å². The number of para-hydroxylation sites is 1. The number of carbonyl (C=O) groups excluding carboxylic acids is 1. The lowest BCUT2D eigenvalue weighted by Crippen LogP contribution is -2.32. The normalized spacial score (nSPS) is 9.69. The lowest BCUT2D eigenvalue weighted by atomic mass is 10.3. The summed E-state index contributed by atoms with van der Waals surface area (Å²) in [6.07, 6.45) is 0. The van der Waals surface area contributed by atoms with E-state index in [1.165, 1.54) is 12.1 Å². The quantitative estimate of drug-likeness (QED) is 0.882. The van der Waals surface area contributed by atoms with E-state index in [2.05, 4.69) is 4.18 Å². The van der Waals surface area contributed by atoms with E-state index in [9.17, 15) is 13.2 Å². The Bertz CT molecular complexity index is 419. The minimum Gasteiger partial charge on any atom is -0.367 e. The van der Waals surface area contributed by atoms with Gasteiger partial charge in [0.2, 0.25) is 5.91 Å². The lowest BCUT2D eigenvalue weighted by Gasteiger charge is -2.05. The summed E-state index contributed by atoms with van der Waals surface area (Å²) in [6.45, 7) is 5.09. The number of nitrogens with one attached hydrogen (secondary N) is 1. The van der Waals surface area contributed by atoms with Crippen molar-refractivity contribution in [2.75, 3.05) is 0 Å². The fraction of sp³-hybridized carbons (Fsp3) is 0.300. The SMILES string of the molecule is CC.CC(=O)NS(=O)(=O)Oc1ccccc1.[HH]. The third-order valence-corrected chi connectivity index (χ3v) is 2.17. The fourth-order valence-corrected chi connectivity index (χ4v) is 1.56. The highest BCUT2D eigenvalue weighted by molar-refractivity contribution is 7.85. The maximum atomic E-state index is 11.1. The molecule has 0 saturated heterocycles. The van der Waals surface area contributed by atoms with Gasteiger partial charge in [-0.1, -0.05) is 32.0 Å². The molecule has 92 valence electrons. The van der Waals surface area contributed by atoms with Crippen LogP contribution in [0.4, 0.5) is 0 Å². The molecule has 1 amide bonds. The second-order valence-corrected chi connectivity index (χ2v) is 3.79. The van der Waals surface area contributed by atoms with Crippen molar-refractivity contribution >= 4 is 16.2 Å². The molecule has 0 saturated carbocycles. The summed E-state index contributed by atoms with van der Waals surface area (Å²) in [5.41, 5.74) is 0. The molecule has 0 aromatic heterocycles. The Morgan fingerprint density at radius 1 is 1.25 bits per heavy atom. The Kier molecular flexibility index (Phi) is 6.17. The molecular formula is C10H17NO4S. The molecular weight excluding hydrogens is 230 g/mol. The molecule has 0 heterocycles. The summed E-state index contributed by atoms with van der Waals surface area (Å²) < 4.78 is 28.3. The topological polar surface area (TPSA) is 72.5 Å². The standard InChI is InChI=1S/C8H9NO4S.C2H6.H2/c1-7(10)9-14(11,12)13-8-5-3-2-4-6-8;1-2;/h2-6H,1H3,(H,9,10);1-2H3;1H. The van der Waals surface area contributed by atoms with Crippen LogP contribution >= 0.6 is 0 Å². The molecule has 16 heavy (non-hydrogen) atoms. The predicted molar refractivity (Wildman–Crippen MR) is 63.3 cm³/mol. The molecule has 0 aliphatic carbocycles. The molecule has 0 atom stereocenters. The molecule has 0 radical (unpaired) electrons. The highest BCUT2D eigenvalue weighted by Gasteiger charge is 2.12. The van der Waals surface area contributed by atoms with Crippen molar-refractivity contribution in [2.24, 2.45) is 0 Å². The van der Waals surface area contributed by atoms with Gasteiger partial charge >= 0.3 is 10.3 Å². The molecule has 0 unspecified atom stereocenters. The van der Waals surface area contributed by atoms with Crippen LogP contribution in [0.3, 0.4) is 0 Å². The van der Waals surface area contributed by atoms with Gasteiger partial charge < -0.3 is 4.18 Å². The Balaban J connectivity index is 0. The predicted octanol–water partition coefficient (Wildman–Crippen LogP) is 1.72. The molecule has 1 aromatic carbocycles. The molecule has 1 N–H and O–H groups in total. The molecule has 0 aliphatic heterocycles. The van der Waals surface area contributed by atoms with Crippen molar-refractivity contribution in [3.63, 3.8) is 0 Å². The Hall–Kier alpha value is -1.56. The van der Waals surface area contributed by atoms with Crippen LogP contribution in [-0.4, -0.2) is 14.3 Å². The van der Waals surface area contributed by atoms with E-state index in [4.69, 9.17) is 0 Å². The molecule has 5 nitrogen and oxygen atoms in total. The number of carbonyl (C=O) groups is 1. The maximum absolute atomic E-state index is 11.1. The number of rotatable bonds is 3. The zero-order valence-corrected chi connectivity index (χ0v) is 10.2. The summed E-state index contributed by atoms with van der Waals surface area (Å²) in [5, 5.41) is 0. The van der Waals surface area contributed by atoms with Crippen molar-refractivity contribution in [1.29, 1.82) is 0 Å². The fourth-order valence-electron chi connectivity index (χ4n) is 0.800. The average molecular weight is 247 g/mol. The van der Waals surface area contributed by atoms with Crippen molar-refractivity contribution < 1.29 is 18.8 Å². The van der Waals surface area contributed by atoms with Gasteiger partial charge in [-0.3, -0.25) is 4.79 Å². The minimum atomic E-state index is -4.03. The van der Waals surface area contributed by atoms with Crippen LogP contribution < -0.4 is 8.91 Å². The van der Waals surface area contributed by atoms with Crippen molar-refractivity contribution in [3.05, 3.63) is 30.3 Å². The maximum Gasteiger partial charge on any atom is 0.409 e. The zero-order valence-electron chi connectivity index (χ0n) is 9.43. The van der Waals surface area contributed by atoms with E-state index in [-0.39, 0.29) is 7.18 Å². The molecule has 1 aromatic rings. The number of benzene rings is 1. The summed E-state index contributed by atoms with van der Waals surface area (Å²) in [7, 11) is -4.03. The van der Waals surface area contributed by atoms with Crippen molar-refractivity contribution in [3.8, 4) is 5.75 Å². The molecule has 0 bridgehead atoms. The van der Waals surface area contributed by atoms with Gasteiger partial charge in [-0.05, 0) is 12.1 Å². The molecule has 0 aliphatic rings. The third kappa shape index (κ3) is 6.02. The van der Waals surface area contributed by atoms with Crippen LogP contribution in [0.5, 0.6) is 5.75 Å². The summed E-state index contributed by atoms with van der Waals surface area (Å²) in [4.78, 5) is 10.5. The Labute approximate surface area is 97.2 Å². The Morgan fingerprint density at radius 3 is 2.19 bits per heavy atom. The number of amides is 1. The zero-order chi connectivity index (χ0) is 12.6. The lowest BCUT2D eigenvalue weighted by molar-refractivity contribution is -0.117. The summed E-state index contributed by atoms with van der Waals surface area (Å²) >= 11 is 0. The first-order chi connectivity index (χ1) is 7.49. The van der Waals surface area contributed by atoms with Gasteiger partial charge in [-0.2, -0.15) is 8.42 Å². The van der Waals surface area contributed by atoms with Gasteiger partial charge in [0.05, 0.1) is 0 Å². The van der Waals surface area contributed by atoms with Crippen LogP contribution in [0, 0.1) is 0 Å². The number of hydrogen-bond acceptors (Lipinski definition) is 4. The number of hydrogen-bond donors (Lipinski definition) is 1. The minimum absolute atomic E-state index is 0. The van der Waals surface area contributed by atoms with E-state index >= 15 is 0 Å². The van der Waals surface area contributed by atoms with E-state index < -0.39 is 16.2 Å². The van der Waals surface area contributed by atoms with E-state index in [0.29, 0.717) is 0 Å². The average Bonchev–Trinajstić information content (AvgIpc) is 2.19. The van der Waals surface area contributed by atoms with Crippen molar-refractivity contribution in [2.45, 2.75) is 20.8 Å². The Morgan fingerprint density at radius 2 is 1.75 bits per heavy atom. The first-order valence-electron chi connectivity index (χ1n) is 4.77. The first kappa shape index (κ1) is 14.4. The van der Waals surface area contributed by atoms with Gasteiger partial charge in [-0.15, -0.1) is 0 Å². The molecule has 6 heteroatoms. The highest BCUT2D eigenvalue weighted by atomic mass is 32.2. The van der Waals surface area contributed by atoms with E-state index in [1.54, 1.807) is 22.9 Å². The second-order valence-electron chi connectivity index (χ2n) is 2.51. The van der Waals surface area contributed by atoms with Crippen LogP contribution in [0.1, 0.15) is 22.2 Å². The van der Waals surface area contributed by atoms with Crippen LogP contribution in [0.2, 0.25) is 0 Å². The van der Waals surface area contributed by atoms with Crippen molar-refractivity contribution in [1.82, 2.24) is 4.72 Å². The summed E-state index contributed by atoms with van der Waals surface area (Å²) in [6, 6.07) is 7.91. The molecule has 1 rings (SSSR count). The van der Waals surface area contributed by atoms with Gasteiger partial charge in [0.1, 0.15) is 5.75 Å². The molecule has 0 fully saturated rings. The van der Waals surface area contributed by atoms with Crippen LogP contribution in [-0.2, 0) is 15.1 Å². The van der Waals surface area contributed by atoms with E-state index in [1.807, 2.05) is 13.8 Å². The smallest absolute Gasteiger partial charge is 0.367 e.